The van der Waals surface area contributed by atoms with Crippen LogP contribution in [0.3, 0.4) is 0 Å². The smallest absolute Gasteiger partial charge is 0.341 e. The van der Waals surface area contributed by atoms with E-state index in [1.54, 1.807) is 38.1 Å². The average Bonchev–Trinajstić information content (AvgIpc) is 3.44. The van der Waals surface area contributed by atoms with Crippen LogP contribution in [0.5, 0.6) is 5.75 Å². The molecule has 0 unspecified atom stereocenters. The molecule has 2 aromatic rings. The first kappa shape index (κ1) is 20.7. The van der Waals surface area contributed by atoms with Gasteiger partial charge in [0.05, 0.1) is 4.90 Å². The third-order valence-corrected chi connectivity index (χ3v) is 6.00. The second-order valence-electron chi connectivity index (χ2n) is 6.95. The maximum Gasteiger partial charge on any atom is 0.341 e. The number of sulfonamides is 1. The van der Waals surface area contributed by atoms with Crippen molar-refractivity contribution in [3.05, 3.63) is 53.1 Å². The number of carbonyl (C=O) groups excluding carboxylic acids is 1. The van der Waals surface area contributed by atoms with Crippen molar-refractivity contribution in [3.8, 4) is 5.75 Å². The number of carboxylic acid groups (broad SMARTS) is 1. The van der Waals surface area contributed by atoms with Crippen LogP contribution in [-0.2, 0) is 14.8 Å². The Balaban J connectivity index is 1.85. The molecule has 1 amide bonds. The lowest BCUT2D eigenvalue weighted by Crippen LogP contribution is -2.25. The van der Waals surface area contributed by atoms with Gasteiger partial charge in [-0.25, -0.2) is 13.2 Å². The standard InChI is InChI=1S/C20H22N2O6S/c1-12-6-9-17(13(2)19(12)28-11-18(23)24)29(26,27)22-16-5-3-4-14(10-16)20(25)21-15-7-8-15/h3-6,9-10,15,22H,7-8,11H2,1-2H3,(H,21,25)(H,23,24). The lowest BCUT2D eigenvalue weighted by Gasteiger charge is -2.16. The molecule has 1 fully saturated rings. The van der Waals surface area contributed by atoms with E-state index in [-0.39, 0.29) is 28.3 Å². The van der Waals surface area contributed by atoms with E-state index in [9.17, 15) is 18.0 Å². The van der Waals surface area contributed by atoms with Crippen molar-refractivity contribution >= 4 is 27.6 Å². The molecule has 0 heterocycles. The van der Waals surface area contributed by atoms with Crippen LogP contribution in [0, 0.1) is 13.8 Å². The fraction of sp³-hybridized carbons (Fsp3) is 0.300. The van der Waals surface area contributed by atoms with Crippen molar-refractivity contribution in [1.29, 1.82) is 0 Å². The van der Waals surface area contributed by atoms with Crippen molar-refractivity contribution in [2.24, 2.45) is 0 Å². The third-order valence-electron chi connectivity index (χ3n) is 4.47. The second-order valence-corrected chi connectivity index (χ2v) is 8.60. The van der Waals surface area contributed by atoms with Gasteiger partial charge in [-0.2, -0.15) is 0 Å². The Morgan fingerprint density at radius 3 is 2.55 bits per heavy atom. The molecule has 0 saturated heterocycles. The summed E-state index contributed by atoms with van der Waals surface area (Å²) in [5.41, 5.74) is 1.55. The molecule has 8 nitrogen and oxygen atoms in total. The molecule has 1 aliphatic rings. The minimum Gasteiger partial charge on any atom is -0.481 e. The Labute approximate surface area is 168 Å². The topological polar surface area (TPSA) is 122 Å². The molecule has 154 valence electrons. The van der Waals surface area contributed by atoms with Crippen LogP contribution in [-0.4, -0.2) is 38.0 Å². The van der Waals surface area contributed by atoms with E-state index in [0.717, 1.165) is 12.8 Å². The molecule has 29 heavy (non-hydrogen) atoms. The third kappa shape index (κ3) is 5.05. The summed E-state index contributed by atoms with van der Waals surface area (Å²) >= 11 is 0. The minimum atomic E-state index is -3.98. The number of ether oxygens (including phenoxy) is 1. The molecule has 0 aliphatic heterocycles. The molecule has 3 rings (SSSR count). The highest BCUT2D eigenvalue weighted by Crippen LogP contribution is 2.30. The second kappa shape index (κ2) is 8.12. The predicted octanol–water partition coefficient (Wildman–Crippen LogP) is 2.46. The van der Waals surface area contributed by atoms with Gasteiger partial charge in [0.2, 0.25) is 0 Å². The first-order valence-electron chi connectivity index (χ1n) is 9.06. The summed E-state index contributed by atoms with van der Waals surface area (Å²) in [4.78, 5) is 22.9. The Morgan fingerprint density at radius 1 is 1.17 bits per heavy atom. The van der Waals surface area contributed by atoms with Crippen molar-refractivity contribution in [2.75, 3.05) is 11.3 Å². The van der Waals surface area contributed by atoms with Crippen LogP contribution >= 0.6 is 0 Å². The molecule has 0 aromatic heterocycles. The number of rotatable bonds is 8. The largest absolute Gasteiger partial charge is 0.481 e. The zero-order chi connectivity index (χ0) is 21.2. The number of carbonyl (C=O) groups is 2. The molecule has 0 radical (unpaired) electrons. The first-order valence-corrected chi connectivity index (χ1v) is 10.5. The lowest BCUT2D eigenvalue weighted by atomic mass is 10.1. The van der Waals surface area contributed by atoms with E-state index < -0.39 is 22.6 Å². The van der Waals surface area contributed by atoms with Crippen molar-refractivity contribution < 1.29 is 27.9 Å². The van der Waals surface area contributed by atoms with Crippen LogP contribution in [0.4, 0.5) is 5.69 Å². The van der Waals surface area contributed by atoms with Crippen LogP contribution in [0.2, 0.25) is 0 Å². The monoisotopic (exact) mass is 418 g/mol. The van der Waals surface area contributed by atoms with Gasteiger partial charge in [0.15, 0.2) is 6.61 Å². The Kier molecular flexibility index (Phi) is 5.78. The minimum absolute atomic E-state index is 0.0312. The van der Waals surface area contributed by atoms with Crippen LogP contribution in [0.1, 0.15) is 34.3 Å². The zero-order valence-electron chi connectivity index (χ0n) is 16.1. The summed E-state index contributed by atoms with van der Waals surface area (Å²) in [5, 5.41) is 11.7. The summed E-state index contributed by atoms with van der Waals surface area (Å²) in [6.45, 7) is 2.69. The lowest BCUT2D eigenvalue weighted by molar-refractivity contribution is -0.139. The van der Waals surface area contributed by atoms with Gasteiger partial charge in [-0.05, 0) is 56.5 Å². The predicted molar refractivity (Wildman–Crippen MR) is 107 cm³/mol. The number of amides is 1. The van der Waals surface area contributed by atoms with Gasteiger partial charge in [0, 0.05) is 22.9 Å². The summed E-state index contributed by atoms with van der Waals surface area (Å²) in [5.74, 6) is -1.19. The van der Waals surface area contributed by atoms with Crippen molar-refractivity contribution in [1.82, 2.24) is 5.32 Å². The van der Waals surface area contributed by atoms with Crippen molar-refractivity contribution in [3.63, 3.8) is 0 Å². The summed E-state index contributed by atoms with van der Waals surface area (Å²) in [7, 11) is -3.98. The van der Waals surface area contributed by atoms with Crippen LogP contribution < -0.4 is 14.8 Å². The normalized spacial score (nSPS) is 13.6. The van der Waals surface area contributed by atoms with E-state index >= 15 is 0 Å². The van der Waals surface area contributed by atoms with Crippen molar-refractivity contribution in [2.45, 2.75) is 37.6 Å². The molecule has 1 aliphatic carbocycles. The molecule has 0 bridgehead atoms. The number of benzene rings is 2. The average molecular weight is 418 g/mol. The quantitative estimate of drug-likeness (QED) is 0.605. The fourth-order valence-corrected chi connectivity index (χ4v) is 4.18. The number of anilines is 1. The fourth-order valence-electron chi connectivity index (χ4n) is 2.89. The molecule has 3 N–H and O–H groups in total. The molecular formula is C20H22N2O6S. The number of aliphatic carboxylic acids is 1. The molecular weight excluding hydrogens is 396 g/mol. The highest BCUT2D eigenvalue weighted by Gasteiger charge is 2.24. The Hall–Kier alpha value is -3.07. The number of nitrogens with one attached hydrogen (secondary N) is 2. The molecule has 2 aromatic carbocycles. The van der Waals surface area contributed by atoms with E-state index in [1.165, 1.54) is 12.1 Å². The van der Waals surface area contributed by atoms with Gasteiger partial charge in [-0.15, -0.1) is 0 Å². The maximum atomic E-state index is 12.9. The van der Waals surface area contributed by atoms with Gasteiger partial charge in [-0.1, -0.05) is 12.1 Å². The summed E-state index contributed by atoms with van der Waals surface area (Å²) < 4.78 is 33.6. The molecule has 0 atom stereocenters. The molecule has 9 heteroatoms. The van der Waals surface area contributed by atoms with Crippen LogP contribution in [0.15, 0.2) is 41.3 Å². The number of hydrogen-bond donors (Lipinski definition) is 3. The molecule has 0 spiro atoms. The Morgan fingerprint density at radius 2 is 1.90 bits per heavy atom. The highest BCUT2D eigenvalue weighted by atomic mass is 32.2. The molecule has 1 saturated carbocycles. The van der Waals surface area contributed by atoms with Gasteiger partial charge < -0.3 is 15.2 Å². The van der Waals surface area contributed by atoms with E-state index in [0.29, 0.717) is 16.7 Å². The van der Waals surface area contributed by atoms with E-state index in [4.69, 9.17) is 9.84 Å². The summed E-state index contributed by atoms with van der Waals surface area (Å²) in [6, 6.07) is 9.43. The summed E-state index contributed by atoms with van der Waals surface area (Å²) in [6.07, 6.45) is 1.91. The number of carboxylic acids is 1. The Bertz CT molecular complexity index is 1060. The van der Waals surface area contributed by atoms with E-state index in [1.807, 2.05) is 0 Å². The van der Waals surface area contributed by atoms with E-state index in [2.05, 4.69) is 10.0 Å². The maximum absolute atomic E-state index is 12.9. The first-order chi connectivity index (χ1) is 13.7. The van der Waals surface area contributed by atoms with Gasteiger partial charge in [-0.3, -0.25) is 9.52 Å². The zero-order valence-corrected chi connectivity index (χ0v) is 16.9. The number of aryl methyl sites for hydroxylation is 1. The van der Waals surface area contributed by atoms with Gasteiger partial charge >= 0.3 is 5.97 Å². The highest BCUT2D eigenvalue weighted by molar-refractivity contribution is 7.92. The van der Waals surface area contributed by atoms with Gasteiger partial charge in [0.1, 0.15) is 5.75 Å². The SMILES string of the molecule is Cc1ccc(S(=O)(=O)Nc2cccc(C(=O)NC3CC3)c2)c(C)c1OCC(=O)O. The number of hydrogen-bond acceptors (Lipinski definition) is 5. The van der Waals surface area contributed by atoms with Gasteiger partial charge in [0.25, 0.3) is 15.9 Å². The van der Waals surface area contributed by atoms with Crippen LogP contribution in [0.25, 0.3) is 0 Å².